The van der Waals surface area contributed by atoms with E-state index in [1.165, 1.54) is 0 Å². The van der Waals surface area contributed by atoms with Gasteiger partial charge in [0, 0.05) is 64.6 Å². The predicted molar refractivity (Wildman–Crippen MR) is 166 cm³/mol. The second-order valence-corrected chi connectivity index (χ2v) is 14.5. The molecule has 3 heterocycles. The number of methoxy groups -OCH3 is 3. The zero-order valence-electron chi connectivity index (χ0n) is 27.5. The molecule has 1 aromatic carbocycles. The van der Waals surface area contributed by atoms with Crippen LogP contribution in [0.5, 0.6) is 0 Å². The van der Waals surface area contributed by atoms with E-state index >= 15 is 0 Å². The minimum absolute atomic E-state index is 0.127. The van der Waals surface area contributed by atoms with Gasteiger partial charge in [-0.2, -0.15) is 0 Å². The molecule has 1 aromatic rings. The molecule has 4 bridgehead atoms. The van der Waals surface area contributed by atoms with Crippen LogP contribution in [-0.2, 0) is 28.5 Å². The summed E-state index contributed by atoms with van der Waals surface area (Å²) < 4.78 is 30.2. The number of fused-ring (bicyclic) bond motifs is 3. The molecule has 5 unspecified atom stereocenters. The third kappa shape index (κ3) is 4.14. The third-order valence-corrected chi connectivity index (χ3v) is 13.0. The van der Waals surface area contributed by atoms with Crippen LogP contribution >= 0.6 is 0 Å². The number of aliphatic hydroxyl groups is 2. The van der Waals surface area contributed by atoms with Crippen LogP contribution in [0.3, 0.4) is 0 Å². The van der Waals surface area contributed by atoms with Gasteiger partial charge < -0.3 is 39.2 Å². The Labute approximate surface area is 270 Å². The molecule has 0 aromatic heterocycles. The van der Waals surface area contributed by atoms with E-state index in [4.69, 9.17) is 23.7 Å². The fraction of sp³-hybridized carbons (Fsp3) is 0.765. The minimum atomic E-state index is -1.56. The fourth-order valence-electron chi connectivity index (χ4n) is 11.1. The molecule has 3 aliphatic carbocycles. The van der Waals surface area contributed by atoms with Gasteiger partial charge in [0.15, 0.2) is 0 Å². The molecule has 1 amide bonds. The van der Waals surface area contributed by atoms with Crippen LogP contribution in [-0.4, -0.2) is 115 Å². The molecule has 6 fully saturated rings. The molecule has 12 heteroatoms. The highest BCUT2D eigenvalue weighted by molar-refractivity contribution is 6.02. The van der Waals surface area contributed by atoms with E-state index in [9.17, 15) is 19.8 Å². The van der Waals surface area contributed by atoms with Crippen LogP contribution in [0.15, 0.2) is 24.3 Å². The van der Waals surface area contributed by atoms with Gasteiger partial charge in [-0.1, -0.05) is 12.1 Å². The highest BCUT2D eigenvalue weighted by Crippen LogP contribution is 2.72. The van der Waals surface area contributed by atoms with Crippen LogP contribution in [0, 0.1) is 23.7 Å². The number of carbonyl (C=O) groups is 2. The standard InChI is InChI=1S/C34H49N3O9/c1-31(46-30(39)20-8-6-7-9-22(20)36-29(38)19-11-14-45-15-12-19)13-10-27(43-4)33-24(31)17-26(37(33)35-2)32(40)18-23(42-3)21-16-25(33)34(32,41)28(21)44-5/h6-9,19,21,23-28,35,40-41H,10-18H2,1-5H3,(H,36,38)/t21-,23+,24?,25?,26?,27+,28+,31?,32+,33?,34+/m1/s1. The van der Waals surface area contributed by atoms with Crippen LogP contribution in [0.25, 0.3) is 0 Å². The summed E-state index contributed by atoms with van der Waals surface area (Å²) in [6.07, 6.45) is 2.44. The average Bonchev–Trinajstić information content (AvgIpc) is 3.54. The van der Waals surface area contributed by atoms with Gasteiger partial charge >= 0.3 is 5.97 Å². The number of piperidine rings is 1. The highest BCUT2D eigenvalue weighted by atomic mass is 16.6. The Bertz CT molecular complexity index is 1360. The lowest BCUT2D eigenvalue weighted by Crippen LogP contribution is -2.85. The second-order valence-electron chi connectivity index (χ2n) is 14.5. The van der Waals surface area contributed by atoms with Crippen molar-refractivity contribution in [3.05, 3.63) is 29.8 Å². The van der Waals surface area contributed by atoms with E-state index in [1.54, 1.807) is 45.6 Å². The summed E-state index contributed by atoms with van der Waals surface area (Å²) >= 11 is 0. The van der Waals surface area contributed by atoms with Gasteiger partial charge in [0.25, 0.3) is 0 Å². The predicted octanol–water partition coefficient (Wildman–Crippen LogP) is 1.89. The van der Waals surface area contributed by atoms with Crippen molar-refractivity contribution in [2.45, 2.75) is 98.6 Å². The monoisotopic (exact) mass is 643 g/mol. The normalized spacial score (nSPS) is 44.9. The molecule has 0 radical (unpaired) electrons. The van der Waals surface area contributed by atoms with Gasteiger partial charge in [-0.25, -0.2) is 9.80 Å². The van der Waals surface area contributed by atoms with Crippen molar-refractivity contribution in [2.75, 3.05) is 46.9 Å². The number of anilines is 1. The van der Waals surface area contributed by atoms with Crippen molar-refractivity contribution in [1.29, 1.82) is 0 Å². The molecule has 254 valence electrons. The SMILES string of the molecule is CNN1C2CC3C(C)(OC(=O)c4ccccc4NC(=O)C4CCOCC4)CC[C@H](OC)C31C1C[C@@H]3[C@@H](OC)C[C@@]2(O)[C@@]1(O)[C@H]3OC. The Morgan fingerprint density at radius 1 is 1.00 bits per heavy atom. The number of carbonyl (C=O) groups excluding carboxylic acids is 2. The van der Waals surface area contributed by atoms with E-state index in [-0.39, 0.29) is 47.9 Å². The number of nitrogens with zero attached hydrogens (tertiary/aromatic N) is 1. The lowest BCUT2D eigenvalue weighted by molar-refractivity contribution is -0.328. The maximum absolute atomic E-state index is 14.1. The van der Waals surface area contributed by atoms with Crippen molar-refractivity contribution >= 4 is 17.6 Å². The van der Waals surface area contributed by atoms with Gasteiger partial charge in [-0.15, -0.1) is 0 Å². The van der Waals surface area contributed by atoms with E-state index in [2.05, 4.69) is 15.8 Å². The Balaban J connectivity index is 1.26. The molecule has 3 aliphatic heterocycles. The molecule has 12 nitrogen and oxygen atoms in total. The largest absolute Gasteiger partial charge is 0.455 e. The minimum Gasteiger partial charge on any atom is -0.455 e. The highest BCUT2D eigenvalue weighted by Gasteiger charge is 2.86. The summed E-state index contributed by atoms with van der Waals surface area (Å²) in [6, 6.07) is 6.43. The summed E-state index contributed by atoms with van der Waals surface area (Å²) in [6.45, 7) is 3.06. The van der Waals surface area contributed by atoms with Gasteiger partial charge in [0.1, 0.15) is 16.8 Å². The van der Waals surface area contributed by atoms with Crippen molar-refractivity contribution in [3.8, 4) is 0 Å². The topological polar surface area (TPSA) is 148 Å². The molecular weight excluding hydrogens is 594 g/mol. The molecular formula is C34H49N3O9. The number of esters is 1. The van der Waals surface area contributed by atoms with Crippen LogP contribution in [0.1, 0.15) is 62.2 Å². The van der Waals surface area contributed by atoms with Gasteiger partial charge in [0.05, 0.1) is 41.1 Å². The maximum Gasteiger partial charge on any atom is 0.340 e. The lowest BCUT2D eigenvalue weighted by atomic mass is 9.54. The van der Waals surface area contributed by atoms with E-state index in [0.29, 0.717) is 57.4 Å². The molecule has 1 spiro atoms. The summed E-state index contributed by atoms with van der Waals surface area (Å²) in [4.78, 5) is 27.3. The summed E-state index contributed by atoms with van der Waals surface area (Å²) in [7, 11) is 6.79. The Kier molecular flexibility index (Phi) is 8.08. The Morgan fingerprint density at radius 2 is 1.74 bits per heavy atom. The smallest absolute Gasteiger partial charge is 0.340 e. The first-order chi connectivity index (χ1) is 22.0. The first-order valence-electron chi connectivity index (χ1n) is 16.8. The number of hydrogen-bond donors (Lipinski definition) is 4. The Hall–Kier alpha value is -2.16. The average molecular weight is 644 g/mol. The molecule has 46 heavy (non-hydrogen) atoms. The second kappa shape index (κ2) is 11.5. The molecule has 3 saturated heterocycles. The van der Waals surface area contributed by atoms with E-state index < -0.39 is 46.4 Å². The van der Waals surface area contributed by atoms with Crippen molar-refractivity contribution in [2.24, 2.45) is 23.7 Å². The van der Waals surface area contributed by atoms with Gasteiger partial charge in [0.2, 0.25) is 5.91 Å². The molecule has 4 N–H and O–H groups in total. The number of rotatable bonds is 8. The number of nitrogens with one attached hydrogen (secondary N) is 2. The summed E-state index contributed by atoms with van der Waals surface area (Å²) in [5.74, 6) is -1.72. The van der Waals surface area contributed by atoms with Crippen molar-refractivity contribution in [1.82, 2.24) is 10.4 Å². The quantitative estimate of drug-likeness (QED) is 0.308. The van der Waals surface area contributed by atoms with E-state index in [1.807, 2.05) is 14.0 Å². The first-order valence-corrected chi connectivity index (χ1v) is 16.8. The molecule has 11 atom stereocenters. The molecule has 7 rings (SSSR count). The lowest BCUT2D eigenvalue weighted by Gasteiger charge is -2.67. The summed E-state index contributed by atoms with van der Waals surface area (Å²) in [5, 5.41) is 30.6. The number of amides is 1. The Morgan fingerprint density at radius 3 is 2.41 bits per heavy atom. The maximum atomic E-state index is 14.1. The van der Waals surface area contributed by atoms with E-state index in [0.717, 1.165) is 0 Å². The zero-order valence-corrected chi connectivity index (χ0v) is 27.5. The number of para-hydroxylation sites is 1. The van der Waals surface area contributed by atoms with Crippen LogP contribution in [0.4, 0.5) is 5.69 Å². The summed E-state index contributed by atoms with van der Waals surface area (Å²) in [5.41, 5.74) is -0.796. The number of hydrazine groups is 1. The number of benzene rings is 1. The van der Waals surface area contributed by atoms with Gasteiger partial charge in [-0.3, -0.25) is 10.2 Å². The van der Waals surface area contributed by atoms with Crippen molar-refractivity contribution in [3.63, 3.8) is 0 Å². The van der Waals surface area contributed by atoms with Crippen LogP contribution in [0.2, 0.25) is 0 Å². The van der Waals surface area contributed by atoms with Crippen molar-refractivity contribution < 1.29 is 43.5 Å². The number of ether oxygens (including phenoxy) is 5. The molecule has 3 saturated carbocycles. The van der Waals surface area contributed by atoms with Gasteiger partial charge in [-0.05, 0) is 64.6 Å². The first kappa shape index (κ1) is 32.4. The molecule has 6 aliphatic rings. The fourth-order valence-corrected chi connectivity index (χ4v) is 11.1. The zero-order chi connectivity index (χ0) is 32.6. The number of hydrogen-bond acceptors (Lipinski definition) is 11. The van der Waals surface area contributed by atoms with Crippen LogP contribution < -0.4 is 10.7 Å². The third-order valence-electron chi connectivity index (χ3n) is 13.0.